The quantitative estimate of drug-likeness (QED) is 0.477. The Bertz CT molecular complexity index is 349. The standard InChI is InChI=1S/C11H18N2O4/c1-12(2)5-6-13(3)10-9(11(15)16-4)8(14)7-17-10/h5-7H2,1-4H3. The van der Waals surface area contributed by atoms with Crippen LogP contribution in [-0.4, -0.2) is 69.5 Å². The highest BCUT2D eigenvalue weighted by Gasteiger charge is 2.33. The molecule has 0 N–H and O–H groups in total. The minimum absolute atomic E-state index is 0.00811. The van der Waals surface area contributed by atoms with E-state index in [9.17, 15) is 9.59 Å². The fraction of sp³-hybridized carbons (Fsp3) is 0.636. The second-order valence-electron chi connectivity index (χ2n) is 4.11. The van der Waals surface area contributed by atoms with Crippen molar-refractivity contribution >= 4 is 11.8 Å². The van der Waals surface area contributed by atoms with Gasteiger partial charge in [-0.2, -0.15) is 0 Å². The Morgan fingerprint density at radius 3 is 2.53 bits per heavy atom. The van der Waals surface area contributed by atoms with E-state index >= 15 is 0 Å². The molecule has 0 aromatic heterocycles. The van der Waals surface area contributed by atoms with Crippen LogP contribution < -0.4 is 0 Å². The number of carbonyl (C=O) groups excluding carboxylic acids is 2. The Morgan fingerprint density at radius 2 is 2.00 bits per heavy atom. The molecule has 96 valence electrons. The fourth-order valence-corrected chi connectivity index (χ4v) is 1.45. The van der Waals surface area contributed by atoms with Crippen LogP contribution in [0.2, 0.25) is 0 Å². The third-order valence-corrected chi connectivity index (χ3v) is 2.45. The average molecular weight is 242 g/mol. The minimum atomic E-state index is -0.640. The summed E-state index contributed by atoms with van der Waals surface area (Å²) in [6.07, 6.45) is 0. The lowest BCUT2D eigenvalue weighted by molar-refractivity contribution is -0.137. The zero-order chi connectivity index (χ0) is 13.0. The van der Waals surface area contributed by atoms with Crippen LogP contribution in [0.25, 0.3) is 0 Å². The number of hydrogen-bond donors (Lipinski definition) is 0. The SMILES string of the molecule is COC(=O)C1=C(N(C)CCN(C)C)OCC1=O. The Kier molecular flexibility index (Phi) is 4.51. The highest BCUT2D eigenvalue weighted by atomic mass is 16.5. The molecule has 0 atom stereocenters. The molecule has 6 nitrogen and oxygen atoms in total. The summed E-state index contributed by atoms with van der Waals surface area (Å²) in [6, 6.07) is 0. The molecule has 0 radical (unpaired) electrons. The molecule has 1 heterocycles. The second kappa shape index (κ2) is 5.67. The fourth-order valence-electron chi connectivity index (χ4n) is 1.45. The van der Waals surface area contributed by atoms with E-state index in [1.54, 1.807) is 11.9 Å². The summed E-state index contributed by atoms with van der Waals surface area (Å²) in [5, 5.41) is 0. The molecule has 0 unspecified atom stereocenters. The van der Waals surface area contributed by atoms with E-state index in [1.165, 1.54) is 7.11 Å². The molecule has 1 aliphatic heterocycles. The number of ether oxygens (including phenoxy) is 2. The van der Waals surface area contributed by atoms with Gasteiger partial charge in [0.05, 0.1) is 7.11 Å². The zero-order valence-electron chi connectivity index (χ0n) is 10.6. The van der Waals surface area contributed by atoms with Crippen LogP contribution in [0.4, 0.5) is 0 Å². The Hall–Kier alpha value is -1.56. The van der Waals surface area contributed by atoms with Gasteiger partial charge in [-0.25, -0.2) is 4.79 Å². The summed E-state index contributed by atoms with van der Waals surface area (Å²) >= 11 is 0. The van der Waals surface area contributed by atoms with E-state index in [1.807, 2.05) is 19.0 Å². The van der Waals surface area contributed by atoms with E-state index in [4.69, 9.17) is 4.74 Å². The van der Waals surface area contributed by atoms with Crippen LogP contribution in [0.3, 0.4) is 0 Å². The molecule has 1 aliphatic rings. The van der Waals surface area contributed by atoms with Crippen molar-refractivity contribution < 1.29 is 19.1 Å². The first-order chi connectivity index (χ1) is 7.97. The van der Waals surface area contributed by atoms with Gasteiger partial charge in [-0.05, 0) is 14.1 Å². The Balaban J connectivity index is 2.81. The van der Waals surface area contributed by atoms with E-state index in [2.05, 4.69) is 4.74 Å². The van der Waals surface area contributed by atoms with Gasteiger partial charge in [-0.1, -0.05) is 0 Å². The number of methoxy groups -OCH3 is 1. The van der Waals surface area contributed by atoms with Crippen LogP contribution in [0, 0.1) is 0 Å². The summed E-state index contributed by atoms with van der Waals surface area (Å²) in [7, 11) is 6.92. The maximum absolute atomic E-state index is 11.5. The maximum Gasteiger partial charge on any atom is 0.347 e. The highest BCUT2D eigenvalue weighted by Crippen LogP contribution is 2.19. The molecule has 0 aromatic carbocycles. The van der Waals surface area contributed by atoms with Gasteiger partial charge in [0, 0.05) is 20.1 Å². The number of Topliss-reactive ketones (excluding diaryl/α,β-unsaturated/α-hetero) is 1. The minimum Gasteiger partial charge on any atom is -0.470 e. The topological polar surface area (TPSA) is 59.1 Å². The van der Waals surface area contributed by atoms with Crippen molar-refractivity contribution in [1.82, 2.24) is 9.80 Å². The van der Waals surface area contributed by atoms with Crippen LogP contribution in [0.5, 0.6) is 0 Å². The first-order valence-corrected chi connectivity index (χ1v) is 5.31. The molecule has 0 saturated carbocycles. The van der Waals surface area contributed by atoms with Crippen LogP contribution in [0.1, 0.15) is 0 Å². The molecule has 0 bridgehead atoms. The molecule has 0 fully saturated rings. The molecule has 0 aromatic rings. The largest absolute Gasteiger partial charge is 0.470 e. The molecular weight excluding hydrogens is 224 g/mol. The number of nitrogens with zero attached hydrogens (tertiary/aromatic N) is 2. The van der Waals surface area contributed by atoms with E-state index in [0.29, 0.717) is 12.4 Å². The summed E-state index contributed by atoms with van der Waals surface area (Å²) in [6.45, 7) is 1.37. The second-order valence-corrected chi connectivity index (χ2v) is 4.11. The zero-order valence-corrected chi connectivity index (χ0v) is 10.6. The first kappa shape index (κ1) is 13.5. The van der Waals surface area contributed by atoms with Crippen molar-refractivity contribution in [3.63, 3.8) is 0 Å². The molecule has 0 aliphatic carbocycles. The van der Waals surface area contributed by atoms with Gasteiger partial charge >= 0.3 is 5.97 Å². The van der Waals surface area contributed by atoms with Crippen molar-refractivity contribution in [1.29, 1.82) is 0 Å². The van der Waals surface area contributed by atoms with Crippen molar-refractivity contribution in [2.45, 2.75) is 0 Å². The van der Waals surface area contributed by atoms with Gasteiger partial charge in [0.15, 0.2) is 12.2 Å². The Morgan fingerprint density at radius 1 is 1.35 bits per heavy atom. The molecular formula is C11H18N2O4. The number of rotatable bonds is 5. The third kappa shape index (κ3) is 3.20. The summed E-state index contributed by atoms with van der Waals surface area (Å²) < 4.78 is 9.81. The van der Waals surface area contributed by atoms with E-state index in [-0.39, 0.29) is 18.0 Å². The van der Waals surface area contributed by atoms with Gasteiger partial charge in [0.2, 0.25) is 11.7 Å². The number of esters is 1. The number of hydrogen-bond acceptors (Lipinski definition) is 6. The van der Waals surface area contributed by atoms with Gasteiger partial charge in [0.25, 0.3) is 0 Å². The van der Waals surface area contributed by atoms with Crippen LogP contribution in [0.15, 0.2) is 11.5 Å². The first-order valence-electron chi connectivity index (χ1n) is 5.31. The smallest absolute Gasteiger partial charge is 0.347 e. The average Bonchev–Trinajstić information content (AvgIpc) is 2.67. The lowest BCUT2D eigenvalue weighted by Gasteiger charge is -2.22. The van der Waals surface area contributed by atoms with E-state index in [0.717, 1.165) is 6.54 Å². The summed E-state index contributed by atoms with van der Waals surface area (Å²) in [5.41, 5.74) is 0.00811. The van der Waals surface area contributed by atoms with Crippen molar-refractivity contribution in [2.24, 2.45) is 0 Å². The lowest BCUT2D eigenvalue weighted by atomic mass is 10.2. The maximum atomic E-state index is 11.5. The third-order valence-electron chi connectivity index (χ3n) is 2.45. The monoisotopic (exact) mass is 242 g/mol. The molecule has 0 saturated heterocycles. The van der Waals surface area contributed by atoms with Gasteiger partial charge in [-0.3, -0.25) is 4.79 Å². The molecule has 0 amide bonds. The lowest BCUT2D eigenvalue weighted by Crippen LogP contribution is -2.29. The predicted molar refractivity (Wildman–Crippen MR) is 61.2 cm³/mol. The normalized spacial score (nSPS) is 15.2. The van der Waals surface area contributed by atoms with Gasteiger partial charge < -0.3 is 19.3 Å². The number of likely N-dealkylation sites (N-methyl/N-ethyl adjacent to an activating group) is 2. The van der Waals surface area contributed by atoms with Crippen molar-refractivity contribution in [3.8, 4) is 0 Å². The van der Waals surface area contributed by atoms with Crippen LogP contribution in [-0.2, 0) is 19.1 Å². The van der Waals surface area contributed by atoms with E-state index < -0.39 is 5.97 Å². The van der Waals surface area contributed by atoms with Gasteiger partial charge in [-0.15, -0.1) is 0 Å². The number of carbonyl (C=O) groups is 2. The summed E-state index contributed by atoms with van der Waals surface area (Å²) in [5.74, 6) is -0.661. The summed E-state index contributed by atoms with van der Waals surface area (Å²) in [4.78, 5) is 26.7. The van der Waals surface area contributed by atoms with Crippen molar-refractivity contribution in [2.75, 3.05) is 47.9 Å². The number of ketones is 1. The predicted octanol–water partition coefficient (Wildman–Crippen LogP) is -0.536. The molecule has 0 spiro atoms. The molecule has 1 rings (SSSR count). The van der Waals surface area contributed by atoms with Gasteiger partial charge in [0.1, 0.15) is 0 Å². The van der Waals surface area contributed by atoms with Crippen molar-refractivity contribution in [3.05, 3.63) is 11.5 Å². The molecule has 6 heteroatoms. The van der Waals surface area contributed by atoms with Crippen LogP contribution >= 0.6 is 0 Å². The highest BCUT2D eigenvalue weighted by molar-refractivity contribution is 6.19. The molecule has 17 heavy (non-hydrogen) atoms. The Labute approximate surface area is 101 Å².